The van der Waals surface area contributed by atoms with Gasteiger partial charge in [0.25, 0.3) is 0 Å². The quantitative estimate of drug-likeness (QED) is 0.812. The van der Waals surface area contributed by atoms with Gasteiger partial charge in [-0.15, -0.1) is 0 Å². The van der Waals surface area contributed by atoms with Crippen LogP contribution in [0.4, 0.5) is 0 Å². The van der Waals surface area contributed by atoms with Crippen molar-refractivity contribution in [3.05, 3.63) is 11.9 Å². The van der Waals surface area contributed by atoms with E-state index in [-0.39, 0.29) is 10.8 Å². The van der Waals surface area contributed by atoms with Crippen LogP contribution in [0, 0.1) is 11.3 Å². The number of nitriles is 1. The first-order chi connectivity index (χ1) is 10.4. The highest BCUT2D eigenvalue weighted by atomic mass is 32.2. The van der Waals surface area contributed by atoms with E-state index in [1.54, 1.807) is 14.0 Å². The van der Waals surface area contributed by atoms with Gasteiger partial charge in [-0.3, -0.25) is 4.68 Å². The molecule has 1 atom stereocenters. The number of aromatic nitrogens is 2. The summed E-state index contributed by atoms with van der Waals surface area (Å²) in [7, 11) is -0.571. The smallest absolute Gasteiger partial charge is 0.247 e. The van der Waals surface area contributed by atoms with E-state index in [1.807, 2.05) is 6.07 Å². The van der Waals surface area contributed by atoms with Crippen LogP contribution in [0.15, 0.2) is 11.1 Å². The van der Waals surface area contributed by atoms with Gasteiger partial charge in [0.2, 0.25) is 10.0 Å². The van der Waals surface area contributed by atoms with E-state index in [0.29, 0.717) is 25.3 Å². The van der Waals surface area contributed by atoms with Gasteiger partial charge in [-0.25, -0.2) is 8.42 Å². The predicted octanol–water partition coefficient (Wildman–Crippen LogP) is 1.24. The molecule has 0 amide bonds. The third kappa shape index (κ3) is 3.16. The van der Waals surface area contributed by atoms with Crippen molar-refractivity contribution in [3.63, 3.8) is 0 Å². The SMILES string of the molecule is CCC(C#N)N(C)S(=O)(=O)c1cn(C)nc1C1CCOCC1. The Balaban J connectivity index is 2.41. The monoisotopic (exact) mass is 326 g/mol. The maximum Gasteiger partial charge on any atom is 0.247 e. The molecular formula is C14H22N4O3S. The van der Waals surface area contributed by atoms with Crippen LogP contribution in [0.25, 0.3) is 0 Å². The van der Waals surface area contributed by atoms with E-state index in [9.17, 15) is 8.42 Å². The minimum Gasteiger partial charge on any atom is -0.381 e. The number of aryl methyl sites for hydroxylation is 1. The fourth-order valence-corrected chi connectivity index (χ4v) is 4.29. The van der Waals surface area contributed by atoms with Crippen LogP contribution in [0.5, 0.6) is 0 Å². The van der Waals surface area contributed by atoms with Gasteiger partial charge < -0.3 is 4.74 Å². The standard InChI is InChI=1S/C14H22N4O3S/c1-4-12(9-15)18(3)22(19,20)13-10-17(2)16-14(13)11-5-7-21-8-6-11/h10-12H,4-8H2,1-3H3. The molecule has 1 aromatic heterocycles. The summed E-state index contributed by atoms with van der Waals surface area (Å²) in [6.07, 6.45) is 3.50. The van der Waals surface area contributed by atoms with Gasteiger partial charge in [-0.1, -0.05) is 6.92 Å². The van der Waals surface area contributed by atoms with Crippen LogP contribution >= 0.6 is 0 Å². The second kappa shape index (κ2) is 6.77. The molecule has 1 aliphatic heterocycles. The van der Waals surface area contributed by atoms with Gasteiger partial charge >= 0.3 is 0 Å². The van der Waals surface area contributed by atoms with Gasteiger partial charge in [-0.05, 0) is 19.3 Å². The fraction of sp³-hybridized carbons (Fsp3) is 0.714. The molecule has 2 heterocycles. The lowest BCUT2D eigenvalue weighted by Crippen LogP contribution is -2.36. The van der Waals surface area contributed by atoms with Crippen molar-refractivity contribution >= 4 is 10.0 Å². The van der Waals surface area contributed by atoms with Gasteiger partial charge in [0.15, 0.2) is 0 Å². The van der Waals surface area contributed by atoms with Gasteiger partial charge in [0.05, 0.1) is 11.8 Å². The van der Waals surface area contributed by atoms with E-state index < -0.39 is 16.1 Å². The normalized spacial score (nSPS) is 18.3. The lowest BCUT2D eigenvalue weighted by molar-refractivity contribution is 0.0838. The van der Waals surface area contributed by atoms with Gasteiger partial charge in [-0.2, -0.15) is 14.7 Å². The third-order valence-electron chi connectivity index (χ3n) is 4.06. The highest BCUT2D eigenvalue weighted by molar-refractivity contribution is 7.89. The topological polar surface area (TPSA) is 88.2 Å². The number of hydrogen-bond acceptors (Lipinski definition) is 5. The maximum absolute atomic E-state index is 12.9. The molecule has 0 aliphatic carbocycles. The molecular weight excluding hydrogens is 304 g/mol. The van der Waals surface area contributed by atoms with Crippen LogP contribution in [0.3, 0.4) is 0 Å². The summed E-state index contributed by atoms with van der Waals surface area (Å²) >= 11 is 0. The minimum atomic E-state index is -3.73. The summed E-state index contributed by atoms with van der Waals surface area (Å²) in [5.74, 6) is 0.0790. The summed E-state index contributed by atoms with van der Waals surface area (Å²) in [6.45, 7) is 3.03. The Kier molecular flexibility index (Phi) is 5.21. The van der Waals surface area contributed by atoms with Crippen molar-refractivity contribution in [2.24, 2.45) is 7.05 Å². The molecule has 8 heteroatoms. The molecule has 0 bridgehead atoms. The molecule has 0 aromatic carbocycles. The van der Waals surface area contributed by atoms with Crippen LogP contribution in [0.2, 0.25) is 0 Å². The number of rotatable bonds is 5. The zero-order chi connectivity index (χ0) is 16.3. The molecule has 22 heavy (non-hydrogen) atoms. The summed E-state index contributed by atoms with van der Waals surface area (Å²) < 4.78 is 33.7. The molecule has 1 unspecified atom stereocenters. The molecule has 0 saturated carbocycles. The molecule has 122 valence electrons. The molecule has 0 N–H and O–H groups in total. The van der Waals surface area contributed by atoms with Crippen molar-refractivity contribution in [2.45, 2.75) is 43.0 Å². The Labute approximate surface area is 131 Å². The first-order valence-electron chi connectivity index (χ1n) is 7.40. The molecule has 1 aromatic rings. The highest BCUT2D eigenvalue weighted by Gasteiger charge is 2.33. The van der Waals surface area contributed by atoms with Gasteiger partial charge in [0.1, 0.15) is 10.9 Å². The second-order valence-corrected chi connectivity index (χ2v) is 7.48. The maximum atomic E-state index is 12.9. The van der Waals surface area contributed by atoms with E-state index >= 15 is 0 Å². The number of hydrogen-bond donors (Lipinski definition) is 0. The van der Waals surface area contributed by atoms with Crippen molar-refractivity contribution < 1.29 is 13.2 Å². The number of nitrogens with zero attached hydrogens (tertiary/aromatic N) is 4. The van der Waals surface area contributed by atoms with E-state index in [2.05, 4.69) is 5.10 Å². The van der Waals surface area contributed by atoms with E-state index in [4.69, 9.17) is 10.00 Å². The molecule has 1 saturated heterocycles. The van der Waals surface area contributed by atoms with Crippen molar-refractivity contribution in [2.75, 3.05) is 20.3 Å². The number of sulfonamides is 1. The molecule has 0 radical (unpaired) electrons. The lowest BCUT2D eigenvalue weighted by atomic mass is 9.97. The van der Waals surface area contributed by atoms with Crippen LogP contribution < -0.4 is 0 Å². The van der Waals surface area contributed by atoms with Crippen LogP contribution in [-0.4, -0.2) is 48.8 Å². The Morgan fingerprint density at radius 1 is 1.55 bits per heavy atom. The molecule has 2 rings (SSSR count). The van der Waals surface area contributed by atoms with Crippen LogP contribution in [0.1, 0.15) is 37.8 Å². The average molecular weight is 326 g/mol. The highest BCUT2D eigenvalue weighted by Crippen LogP contribution is 2.32. The Morgan fingerprint density at radius 2 is 2.18 bits per heavy atom. The zero-order valence-corrected chi connectivity index (χ0v) is 14.0. The second-order valence-electron chi connectivity index (χ2n) is 5.51. The fourth-order valence-electron chi connectivity index (χ4n) is 2.69. The summed E-state index contributed by atoms with van der Waals surface area (Å²) in [5.41, 5.74) is 0.588. The van der Waals surface area contributed by atoms with E-state index in [0.717, 1.165) is 17.1 Å². The summed E-state index contributed by atoms with van der Waals surface area (Å²) in [5, 5.41) is 13.5. The van der Waals surface area contributed by atoms with Crippen LogP contribution in [-0.2, 0) is 21.8 Å². The van der Waals surface area contributed by atoms with Crippen molar-refractivity contribution in [1.29, 1.82) is 5.26 Å². The first kappa shape index (κ1) is 16.9. The Morgan fingerprint density at radius 3 is 2.73 bits per heavy atom. The molecule has 1 fully saturated rings. The number of ether oxygens (including phenoxy) is 1. The predicted molar refractivity (Wildman–Crippen MR) is 80.6 cm³/mol. The largest absolute Gasteiger partial charge is 0.381 e. The molecule has 7 nitrogen and oxygen atoms in total. The summed E-state index contributed by atoms with van der Waals surface area (Å²) in [6, 6.07) is 1.36. The average Bonchev–Trinajstić information content (AvgIpc) is 2.92. The van der Waals surface area contributed by atoms with E-state index in [1.165, 1.54) is 17.9 Å². The Bertz CT molecular complexity index is 656. The Hall–Kier alpha value is -1.43. The van der Waals surface area contributed by atoms with Gasteiger partial charge in [0, 0.05) is 39.4 Å². The third-order valence-corrected chi connectivity index (χ3v) is 5.94. The van der Waals surface area contributed by atoms with Crippen molar-refractivity contribution in [1.82, 2.24) is 14.1 Å². The summed E-state index contributed by atoms with van der Waals surface area (Å²) in [4.78, 5) is 0.207. The molecule has 1 aliphatic rings. The zero-order valence-electron chi connectivity index (χ0n) is 13.2. The molecule has 0 spiro atoms. The first-order valence-corrected chi connectivity index (χ1v) is 8.84. The lowest BCUT2D eigenvalue weighted by Gasteiger charge is -2.24. The van der Waals surface area contributed by atoms with Crippen molar-refractivity contribution in [3.8, 4) is 6.07 Å². The minimum absolute atomic E-state index is 0.0790.